The number of hydrogen-bond donors (Lipinski definition) is 1. The number of carbonyl (C=O) groups is 1. The normalized spacial score (nSPS) is 15.3. The molecule has 4 heteroatoms. The summed E-state index contributed by atoms with van der Waals surface area (Å²) in [6, 6.07) is 1.99. The molecule has 0 spiro atoms. The number of halogens is 1. The van der Waals surface area contributed by atoms with Crippen LogP contribution in [0.15, 0.2) is 15.9 Å². The molecule has 1 unspecified atom stereocenters. The molecular weight excluding hydrogens is 276 g/mol. The lowest BCUT2D eigenvalue weighted by Crippen LogP contribution is -2.35. The predicted molar refractivity (Wildman–Crippen MR) is 66.3 cm³/mol. The van der Waals surface area contributed by atoms with Gasteiger partial charge in [-0.05, 0) is 41.3 Å². The fourth-order valence-corrected chi connectivity index (χ4v) is 2.95. The molecule has 0 saturated heterocycles. The van der Waals surface area contributed by atoms with E-state index >= 15 is 0 Å². The second-order valence-corrected chi connectivity index (χ2v) is 6.20. The van der Waals surface area contributed by atoms with Crippen molar-refractivity contribution in [1.82, 2.24) is 0 Å². The largest absolute Gasteiger partial charge is 0.481 e. The Hall–Kier alpha value is -0.350. The highest BCUT2D eigenvalue weighted by atomic mass is 79.9. The third-order valence-corrected chi connectivity index (χ3v) is 4.62. The van der Waals surface area contributed by atoms with Crippen molar-refractivity contribution in [2.75, 3.05) is 0 Å². The van der Waals surface area contributed by atoms with E-state index in [9.17, 15) is 9.90 Å². The summed E-state index contributed by atoms with van der Waals surface area (Å²) >= 11 is 4.98. The quantitative estimate of drug-likeness (QED) is 0.916. The van der Waals surface area contributed by atoms with Gasteiger partial charge in [0.25, 0.3) is 0 Å². The number of hydrogen-bond acceptors (Lipinski definition) is 2. The Morgan fingerprint density at radius 3 is 2.60 bits per heavy atom. The predicted octanol–water partition coefficient (Wildman–Crippen LogP) is 3.80. The van der Waals surface area contributed by atoms with Gasteiger partial charge in [-0.1, -0.05) is 13.8 Å². The summed E-state index contributed by atoms with van der Waals surface area (Å²) in [6.07, 6.45) is 0.594. The van der Waals surface area contributed by atoms with Crippen molar-refractivity contribution in [2.45, 2.75) is 27.2 Å². The molecule has 0 amide bonds. The van der Waals surface area contributed by atoms with E-state index in [4.69, 9.17) is 0 Å². The van der Waals surface area contributed by atoms with Crippen LogP contribution in [0.2, 0.25) is 0 Å². The molecule has 0 aliphatic rings. The van der Waals surface area contributed by atoms with Crippen molar-refractivity contribution < 1.29 is 9.90 Å². The molecule has 0 saturated carbocycles. The molecule has 0 aromatic carbocycles. The first kappa shape index (κ1) is 12.7. The van der Waals surface area contributed by atoms with Crippen LogP contribution in [-0.2, 0) is 11.2 Å². The number of rotatable bonds is 4. The van der Waals surface area contributed by atoms with E-state index in [0.29, 0.717) is 6.42 Å². The average Bonchev–Trinajstić information content (AvgIpc) is 2.50. The zero-order valence-electron chi connectivity index (χ0n) is 9.08. The molecule has 1 aromatic rings. The van der Waals surface area contributed by atoms with Crippen LogP contribution in [0.5, 0.6) is 0 Å². The van der Waals surface area contributed by atoms with E-state index in [0.717, 1.165) is 9.35 Å². The third-order valence-electron chi connectivity index (χ3n) is 2.93. The van der Waals surface area contributed by atoms with E-state index in [2.05, 4.69) is 15.9 Å². The van der Waals surface area contributed by atoms with Crippen LogP contribution in [0, 0.1) is 11.3 Å². The fraction of sp³-hybridized carbons (Fsp3) is 0.545. The van der Waals surface area contributed by atoms with Crippen molar-refractivity contribution >= 4 is 33.2 Å². The Labute approximate surface area is 102 Å². The van der Waals surface area contributed by atoms with E-state index < -0.39 is 11.4 Å². The second-order valence-electron chi connectivity index (χ2n) is 4.29. The monoisotopic (exact) mass is 290 g/mol. The van der Waals surface area contributed by atoms with Crippen molar-refractivity contribution in [3.63, 3.8) is 0 Å². The zero-order chi connectivity index (χ0) is 11.6. The van der Waals surface area contributed by atoms with Crippen LogP contribution in [0.3, 0.4) is 0 Å². The number of thiophene rings is 1. The number of carboxylic acid groups (broad SMARTS) is 1. The summed E-state index contributed by atoms with van der Waals surface area (Å²) in [5, 5.41) is 11.2. The molecule has 2 nitrogen and oxygen atoms in total. The average molecular weight is 291 g/mol. The molecule has 0 fully saturated rings. The topological polar surface area (TPSA) is 37.3 Å². The Bertz CT molecular complexity index is 359. The van der Waals surface area contributed by atoms with Crippen LogP contribution in [0.1, 0.15) is 25.6 Å². The maximum atomic E-state index is 11.3. The van der Waals surface area contributed by atoms with E-state index in [1.165, 1.54) is 0 Å². The first-order chi connectivity index (χ1) is 6.86. The smallest absolute Gasteiger partial charge is 0.309 e. The summed E-state index contributed by atoms with van der Waals surface area (Å²) in [7, 11) is 0. The van der Waals surface area contributed by atoms with E-state index in [1.807, 2.05) is 32.2 Å². The van der Waals surface area contributed by atoms with Gasteiger partial charge in [0.05, 0.1) is 5.41 Å². The first-order valence-electron chi connectivity index (χ1n) is 4.82. The summed E-state index contributed by atoms with van der Waals surface area (Å²) in [6.45, 7) is 5.72. The molecule has 0 aliphatic carbocycles. The Morgan fingerprint density at radius 1 is 1.67 bits per heavy atom. The Morgan fingerprint density at radius 2 is 2.27 bits per heavy atom. The molecule has 1 N–H and O–H groups in total. The Balaban J connectivity index is 2.89. The highest BCUT2D eigenvalue weighted by Gasteiger charge is 2.37. The minimum atomic E-state index is -0.720. The molecular formula is C11H15BrO2S. The molecule has 84 valence electrons. The van der Waals surface area contributed by atoms with Gasteiger partial charge in [-0.2, -0.15) is 0 Å². The third kappa shape index (κ3) is 2.82. The van der Waals surface area contributed by atoms with Crippen LogP contribution < -0.4 is 0 Å². The molecule has 0 aliphatic heterocycles. The lowest BCUT2D eigenvalue weighted by molar-refractivity contribution is -0.150. The molecule has 0 radical (unpaired) electrons. The van der Waals surface area contributed by atoms with Gasteiger partial charge in [0.2, 0.25) is 0 Å². The zero-order valence-corrected chi connectivity index (χ0v) is 11.5. The first-order valence-corrected chi connectivity index (χ1v) is 6.50. The lowest BCUT2D eigenvalue weighted by atomic mass is 9.76. The maximum Gasteiger partial charge on any atom is 0.309 e. The van der Waals surface area contributed by atoms with Crippen LogP contribution >= 0.6 is 27.3 Å². The number of carboxylic acids is 1. The Kier molecular flexibility index (Phi) is 3.95. The van der Waals surface area contributed by atoms with Crippen molar-refractivity contribution in [3.05, 3.63) is 20.8 Å². The minimum Gasteiger partial charge on any atom is -0.481 e. The molecule has 15 heavy (non-hydrogen) atoms. The van der Waals surface area contributed by atoms with Gasteiger partial charge in [-0.3, -0.25) is 4.79 Å². The van der Waals surface area contributed by atoms with Gasteiger partial charge in [0.15, 0.2) is 0 Å². The van der Waals surface area contributed by atoms with E-state index in [-0.39, 0.29) is 5.92 Å². The van der Waals surface area contributed by atoms with Gasteiger partial charge in [-0.25, -0.2) is 0 Å². The van der Waals surface area contributed by atoms with Crippen molar-refractivity contribution in [2.24, 2.45) is 11.3 Å². The fourth-order valence-electron chi connectivity index (χ4n) is 1.34. The highest BCUT2D eigenvalue weighted by molar-refractivity contribution is 9.10. The lowest BCUT2D eigenvalue weighted by Gasteiger charge is -2.28. The van der Waals surface area contributed by atoms with Crippen molar-refractivity contribution in [1.29, 1.82) is 0 Å². The van der Waals surface area contributed by atoms with Crippen LogP contribution in [-0.4, -0.2) is 11.1 Å². The van der Waals surface area contributed by atoms with Gasteiger partial charge < -0.3 is 5.11 Å². The van der Waals surface area contributed by atoms with Crippen LogP contribution in [0.25, 0.3) is 0 Å². The molecule has 1 atom stereocenters. The van der Waals surface area contributed by atoms with Gasteiger partial charge in [0.1, 0.15) is 0 Å². The minimum absolute atomic E-state index is 0.121. The van der Waals surface area contributed by atoms with Gasteiger partial charge >= 0.3 is 5.97 Å². The SMILES string of the molecule is CC(C)C(C)(Cc1cc(Br)cs1)C(=O)O. The summed E-state index contributed by atoms with van der Waals surface area (Å²) < 4.78 is 1.03. The molecule has 1 heterocycles. The summed E-state index contributed by atoms with van der Waals surface area (Å²) in [5.74, 6) is -0.599. The molecule has 1 aromatic heterocycles. The molecule has 0 bridgehead atoms. The van der Waals surface area contributed by atoms with E-state index in [1.54, 1.807) is 11.3 Å². The highest BCUT2D eigenvalue weighted by Crippen LogP contribution is 2.34. The van der Waals surface area contributed by atoms with Crippen LogP contribution in [0.4, 0.5) is 0 Å². The van der Waals surface area contributed by atoms with Gasteiger partial charge in [0, 0.05) is 14.7 Å². The molecule has 1 rings (SSSR count). The second kappa shape index (κ2) is 4.66. The maximum absolute atomic E-state index is 11.3. The number of aliphatic carboxylic acids is 1. The van der Waals surface area contributed by atoms with Gasteiger partial charge in [-0.15, -0.1) is 11.3 Å². The standard InChI is InChI=1S/C11H15BrO2S/c1-7(2)11(3,10(13)14)5-9-4-8(12)6-15-9/h4,6-7H,5H2,1-3H3,(H,13,14). The van der Waals surface area contributed by atoms with Crippen molar-refractivity contribution in [3.8, 4) is 0 Å². The summed E-state index contributed by atoms with van der Waals surface area (Å²) in [4.78, 5) is 12.4. The summed E-state index contributed by atoms with van der Waals surface area (Å²) in [5.41, 5.74) is -0.676.